The topological polar surface area (TPSA) is 80.3 Å². The number of nitrogens with zero attached hydrogens (tertiary/aromatic N) is 1. The van der Waals surface area contributed by atoms with Crippen LogP contribution in [0.5, 0.6) is 5.75 Å². The zero-order valence-corrected chi connectivity index (χ0v) is 17.9. The molecule has 2 N–H and O–H groups in total. The number of hydrogen-bond donors (Lipinski definition) is 2. The minimum Gasteiger partial charge on any atom is -0.495 e. The minimum atomic E-state index is -4.56. The van der Waals surface area contributed by atoms with Crippen molar-refractivity contribution in [3.63, 3.8) is 0 Å². The van der Waals surface area contributed by atoms with Crippen LogP contribution in [0.1, 0.15) is 25.6 Å². The molecule has 0 saturated carbocycles. The van der Waals surface area contributed by atoms with Gasteiger partial charge >= 0.3 is 6.18 Å². The molecule has 0 radical (unpaired) electrons. The van der Waals surface area contributed by atoms with Crippen LogP contribution in [-0.4, -0.2) is 23.9 Å². The Morgan fingerprint density at radius 3 is 2.45 bits per heavy atom. The number of aromatic nitrogens is 1. The monoisotopic (exact) mass is 471 g/mol. The van der Waals surface area contributed by atoms with Gasteiger partial charge in [-0.1, -0.05) is 12.1 Å². The molecule has 0 atom stereocenters. The van der Waals surface area contributed by atoms with Crippen LogP contribution in [0.3, 0.4) is 0 Å². The number of nitrogens with one attached hydrogen (secondary N) is 2. The summed E-state index contributed by atoms with van der Waals surface area (Å²) in [5, 5.41) is 5.99. The van der Waals surface area contributed by atoms with Gasteiger partial charge < -0.3 is 15.4 Å². The van der Waals surface area contributed by atoms with Crippen LogP contribution >= 0.6 is 11.3 Å². The van der Waals surface area contributed by atoms with Gasteiger partial charge in [0.15, 0.2) is 0 Å². The predicted octanol–water partition coefficient (Wildman–Crippen LogP) is 5.83. The fourth-order valence-corrected chi connectivity index (χ4v) is 4.15. The van der Waals surface area contributed by atoms with Crippen LogP contribution in [0, 0.1) is 0 Å². The first-order valence-electron chi connectivity index (χ1n) is 9.57. The van der Waals surface area contributed by atoms with E-state index in [-0.39, 0.29) is 22.2 Å². The molecule has 2 aromatic carbocycles. The van der Waals surface area contributed by atoms with Gasteiger partial charge in [-0.2, -0.15) is 13.2 Å². The third kappa shape index (κ3) is 4.80. The first-order chi connectivity index (χ1) is 15.8. The summed E-state index contributed by atoms with van der Waals surface area (Å²) in [5.74, 6) is -0.857. The Bertz CT molecular complexity index is 1340. The van der Waals surface area contributed by atoms with E-state index in [0.717, 1.165) is 29.5 Å². The zero-order chi connectivity index (χ0) is 23.6. The summed E-state index contributed by atoms with van der Waals surface area (Å²) >= 11 is 1.11. The molecule has 0 aliphatic carbocycles. The van der Waals surface area contributed by atoms with Gasteiger partial charge in [0, 0.05) is 12.4 Å². The van der Waals surface area contributed by atoms with Crippen molar-refractivity contribution >= 4 is 44.6 Å². The molecule has 0 fully saturated rings. The molecule has 0 saturated heterocycles. The molecule has 0 aliphatic rings. The number of amides is 2. The van der Waals surface area contributed by atoms with E-state index in [2.05, 4.69) is 15.6 Å². The summed E-state index contributed by atoms with van der Waals surface area (Å²) in [7, 11) is 1.30. The van der Waals surface area contributed by atoms with Gasteiger partial charge in [-0.3, -0.25) is 14.6 Å². The number of thiophene rings is 1. The Kier molecular flexibility index (Phi) is 6.01. The average Bonchev–Trinajstić information content (AvgIpc) is 3.25. The van der Waals surface area contributed by atoms with Gasteiger partial charge in [0.05, 0.1) is 39.2 Å². The minimum absolute atomic E-state index is 0.0973. The van der Waals surface area contributed by atoms with Crippen LogP contribution in [-0.2, 0) is 6.18 Å². The SMILES string of the molecule is COc1ccc(C(F)(F)F)cc1NC(=O)c1cc2cccc(NC(=O)c3cccnc3)c2s1. The Hall–Kier alpha value is -3.92. The average molecular weight is 471 g/mol. The maximum absolute atomic E-state index is 13.1. The highest BCUT2D eigenvalue weighted by Crippen LogP contribution is 2.36. The number of alkyl halides is 3. The molecule has 0 bridgehead atoms. The highest BCUT2D eigenvalue weighted by molar-refractivity contribution is 7.21. The normalized spacial score (nSPS) is 11.3. The number of methoxy groups -OCH3 is 1. The number of carbonyl (C=O) groups excluding carboxylic acids is 2. The maximum atomic E-state index is 13.1. The molecule has 33 heavy (non-hydrogen) atoms. The van der Waals surface area contributed by atoms with E-state index >= 15 is 0 Å². The lowest BCUT2D eigenvalue weighted by Crippen LogP contribution is -2.13. The molecule has 6 nitrogen and oxygen atoms in total. The molecule has 10 heteroatoms. The quantitative estimate of drug-likeness (QED) is 0.384. The van der Waals surface area contributed by atoms with Gasteiger partial charge in [0.25, 0.3) is 11.8 Å². The number of rotatable bonds is 5. The highest BCUT2D eigenvalue weighted by atomic mass is 32.1. The summed E-state index contributed by atoms with van der Waals surface area (Å²) in [5.41, 5.74) is -0.127. The molecule has 0 unspecified atom stereocenters. The van der Waals surface area contributed by atoms with Crippen LogP contribution in [0.2, 0.25) is 0 Å². The van der Waals surface area contributed by atoms with Crippen molar-refractivity contribution in [2.24, 2.45) is 0 Å². The molecule has 2 amide bonds. The maximum Gasteiger partial charge on any atom is 0.416 e. The van der Waals surface area contributed by atoms with Gasteiger partial charge in [-0.25, -0.2) is 0 Å². The van der Waals surface area contributed by atoms with E-state index in [1.165, 1.54) is 13.3 Å². The van der Waals surface area contributed by atoms with E-state index < -0.39 is 17.6 Å². The third-order valence-electron chi connectivity index (χ3n) is 4.71. The fraction of sp³-hybridized carbons (Fsp3) is 0.0870. The van der Waals surface area contributed by atoms with E-state index in [0.29, 0.717) is 21.3 Å². The van der Waals surface area contributed by atoms with Crippen molar-refractivity contribution in [3.05, 3.63) is 83.0 Å². The Balaban J connectivity index is 1.62. The number of benzene rings is 2. The second-order valence-corrected chi connectivity index (χ2v) is 7.95. The van der Waals surface area contributed by atoms with Crippen molar-refractivity contribution in [3.8, 4) is 5.75 Å². The molecule has 0 aliphatic heterocycles. The lowest BCUT2D eigenvalue weighted by atomic mass is 10.1. The number of ether oxygens (including phenoxy) is 1. The zero-order valence-electron chi connectivity index (χ0n) is 17.1. The molecule has 4 rings (SSSR count). The predicted molar refractivity (Wildman–Crippen MR) is 120 cm³/mol. The first kappa shape index (κ1) is 22.3. The number of carbonyl (C=O) groups is 2. The van der Waals surface area contributed by atoms with E-state index in [4.69, 9.17) is 4.74 Å². The smallest absolute Gasteiger partial charge is 0.416 e. The van der Waals surface area contributed by atoms with Crippen LogP contribution < -0.4 is 15.4 Å². The fourth-order valence-electron chi connectivity index (χ4n) is 3.13. The Morgan fingerprint density at radius 2 is 1.76 bits per heavy atom. The summed E-state index contributed by atoms with van der Waals surface area (Å²) < 4.78 is 45.0. The van der Waals surface area contributed by atoms with Gasteiger partial charge in [0.1, 0.15) is 5.75 Å². The number of hydrogen-bond acceptors (Lipinski definition) is 5. The summed E-state index contributed by atoms with van der Waals surface area (Å²) in [6, 6.07) is 12.9. The Labute approximate surface area is 190 Å². The van der Waals surface area contributed by atoms with Crippen molar-refractivity contribution in [1.29, 1.82) is 0 Å². The molecular weight excluding hydrogens is 455 g/mol. The number of halogens is 3. The molecule has 2 aromatic heterocycles. The van der Waals surface area contributed by atoms with E-state index in [1.807, 2.05) is 0 Å². The van der Waals surface area contributed by atoms with E-state index in [9.17, 15) is 22.8 Å². The molecule has 2 heterocycles. The van der Waals surface area contributed by atoms with Crippen LogP contribution in [0.25, 0.3) is 10.1 Å². The largest absolute Gasteiger partial charge is 0.495 e. The number of fused-ring (bicyclic) bond motifs is 1. The second kappa shape index (κ2) is 8.91. The summed E-state index contributed by atoms with van der Waals surface area (Å²) in [4.78, 5) is 29.5. The van der Waals surface area contributed by atoms with Gasteiger partial charge in [-0.05, 0) is 47.9 Å². The van der Waals surface area contributed by atoms with E-state index in [1.54, 1.807) is 42.6 Å². The summed E-state index contributed by atoms with van der Waals surface area (Å²) in [6.07, 6.45) is -1.57. The van der Waals surface area contributed by atoms with Crippen molar-refractivity contribution in [2.45, 2.75) is 6.18 Å². The molecule has 4 aromatic rings. The molecular formula is C23H16F3N3O3S. The van der Waals surface area contributed by atoms with Gasteiger partial charge in [0.2, 0.25) is 0 Å². The van der Waals surface area contributed by atoms with Crippen molar-refractivity contribution in [2.75, 3.05) is 17.7 Å². The van der Waals surface area contributed by atoms with Crippen LogP contribution in [0.15, 0.2) is 67.0 Å². The number of pyridine rings is 1. The standard InChI is InChI=1S/C23H16F3N3O3S/c1-32-18-8-7-15(23(24,25)26)11-17(18)29-22(31)19-10-13-4-2-6-16(20(13)33-19)28-21(30)14-5-3-9-27-12-14/h2-12H,1H3,(H,28,30)(H,29,31). The highest BCUT2D eigenvalue weighted by Gasteiger charge is 2.31. The van der Waals surface area contributed by atoms with Gasteiger partial charge in [-0.15, -0.1) is 11.3 Å². The number of anilines is 2. The first-order valence-corrected chi connectivity index (χ1v) is 10.4. The third-order valence-corrected chi connectivity index (χ3v) is 5.90. The molecule has 168 valence electrons. The Morgan fingerprint density at radius 1 is 0.970 bits per heavy atom. The lowest BCUT2D eigenvalue weighted by molar-refractivity contribution is -0.137. The lowest BCUT2D eigenvalue weighted by Gasteiger charge is -2.13. The summed E-state index contributed by atoms with van der Waals surface area (Å²) in [6.45, 7) is 0. The van der Waals surface area contributed by atoms with Crippen LogP contribution in [0.4, 0.5) is 24.5 Å². The van der Waals surface area contributed by atoms with Crippen molar-refractivity contribution in [1.82, 2.24) is 4.98 Å². The molecule has 0 spiro atoms. The second-order valence-electron chi connectivity index (χ2n) is 6.90. The van der Waals surface area contributed by atoms with Crippen molar-refractivity contribution < 1.29 is 27.5 Å².